The average molecular weight is 510 g/mol. The summed E-state index contributed by atoms with van der Waals surface area (Å²) < 4.78 is 0. The van der Waals surface area contributed by atoms with E-state index in [2.05, 4.69) is 51.2 Å². The van der Waals surface area contributed by atoms with E-state index in [0.717, 1.165) is 42.6 Å². The number of guanidine groups is 1. The zero-order valence-electron chi connectivity index (χ0n) is 17.7. The predicted octanol–water partition coefficient (Wildman–Crippen LogP) is 3.97. The molecule has 0 amide bonds. The van der Waals surface area contributed by atoms with E-state index in [9.17, 15) is 0 Å². The Bertz CT molecular complexity index is 724. The zero-order valence-corrected chi connectivity index (χ0v) is 20.1. The lowest BCUT2D eigenvalue weighted by Gasteiger charge is -2.21. The molecule has 2 heterocycles. The minimum atomic E-state index is 0. The third-order valence-electron chi connectivity index (χ3n) is 5.14. The van der Waals surface area contributed by atoms with Crippen molar-refractivity contribution in [3.05, 3.63) is 42.4 Å². The minimum absolute atomic E-state index is 0. The zero-order chi connectivity index (χ0) is 19.6. The first kappa shape index (κ1) is 23.7. The van der Waals surface area contributed by atoms with Crippen LogP contribution in [0.2, 0.25) is 0 Å². The first-order chi connectivity index (χ1) is 13.8. The lowest BCUT2D eigenvalue weighted by Crippen LogP contribution is -2.38. The lowest BCUT2D eigenvalue weighted by molar-refractivity contribution is 0.331. The number of likely N-dealkylation sites (tertiary alicyclic amines) is 1. The van der Waals surface area contributed by atoms with Gasteiger partial charge in [0.05, 0.1) is 18.4 Å². The van der Waals surface area contributed by atoms with E-state index in [1.165, 1.54) is 38.9 Å². The molecule has 2 aromatic rings. The highest BCUT2D eigenvalue weighted by Crippen LogP contribution is 2.16. The maximum atomic E-state index is 4.81. The van der Waals surface area contributed by atoms with Crippen LogP contribution in [-0.2, 0) is 6.54 Å². The SMILES string of the molecule is CCNC(=NCCCCN1CCCC1)N(C)Cc1ncc(-c2ccccc2)[nH]1.I. The van der Waals surface area contributed by atoms with Crippen LogP contribution in [0.3, 0.4) is 0 Å². The second-order valence-electron chi connectivity index (χ2n) is 7.46. The number of rotatable bonds is 9. The maximum absolute atomic E-state index is 4.81. The Kier molecular flexibility index (Phi) is 10.5. The molecule has 1 aliphatic heterocycles. The number of hydrogen-bond donors (Lipinski definition) is 2. The summed E-state index contributed by atoms with van der Waals surface area (Å²) in [5.74, 6) is 1.89. The van der Waals surface area contributed by atoms with E-state index < -0.39 is 0 Å². The number of benzene rings is 1. The largest absolute Gasteiger partial charge is 0.357 e. The Labute approximate surface area is 192 Å². The number of halogens is 1. The van der Waals surface area contributed by atoms with Gasteiger partial charge in [0.2, 0.25) is 0 Å². The number of aromatic amines is 1. The fraction of sp³-hybridized carbons (Fsp3) is 0.545. The van der Waals surface area contributed by atoms with E-state index in [0.29, 0.717) is 6.54 Å². The van der Waals surface area contributed by atoms with E-state index in [1.54, 1.807) is 0 Å². The molecule has 1 aromatic carbocycles. The van der Waals surface area contributed by atoms with Crippen LogP contribution in [0, 0.1) is 0 Å². The standard InChI is InChI=1S/C22H34N6.HI/c1-3-23-22(24-13-7-8-14-28-15-9-10-16-28)27(2)18-21-25-17-20(26-21)19-11-5-4-6-12-19;/h4-6,11-12,17H,3,7-10,13-16,18H2,1-2H3,(H,23,24)(H,25,26);1H. The summed E-state index contributed by atoms with van der Waals surface area (Å²) >= 11 is 0. The van der Waals surface area contributed by atoms with Gasteiger partial charge in [-0.25, -0.2) is 4.98 Å². The summed E-state index contributed by atoms with van der Waals surface area (Å²) in [7, 11) is 2.07. The van der Waals surface area contributed by atoms with Crippen molar-refractivity contribution in [3.63, 3.8) is 0 Å². The average Bonchev–Trinajstić information content (AvgIpc) is 3.40. The van der Waals surface area contributed by atoms with Crippen LogP contribution in [-0.4, -0.2) is 65.5 Å². The molecule has 160 valence electrons. The van der Waals surface area contributed by atoms with Gasteiger partial charge in [-0.2, -0.15) is 0 Å². The predicted molar refractivity (Wildman–Crippen MR) is 132 cm³/mol. The molecule has 0 unspecified atom stereocenters. The quantitative estimate of drug-likeness (QED) is 0.232. The molecule has 29 heavy (non-hydrogen) atoms. The second-order valence-corrected chi connectivity index (χ2v) is 7.46. The van der Waals surface area contributed by atoms with Gasteiger partial charge in [0.25, 0.3) is 0 Å². The molecule has 0 radical (unpaired) electrons. The molecule has 1 saturated heterocycles. The summed E-state index contributed by atoms with van der Waals surface area (Å²) in [4.78, 5) is 17.5. The summed E-state index contributed by atoms with van der Waals surface area (Å²) in [5, 5.41) is 3.40. The molecular formula is C22H35IN6. The Morgan fingerprint density at radius 3 is 2.69 bits per heavy atom. The highest BCUT2D eigenvalue weighted by Gasteiger charge is 2.11. The van der Waals surface area contributed by atoms with Crippen LogP contribution in [0.5, 0.6) is 0 Å². The molecule has 7 heteroatoms. The van der Waals surface area contributed by atoms with Crippen LogP contribution >= 0.6 is 24.0 Å². The van der Waals surface area contributed by atoms with Crippen molar-refractivity contribution in [1.82, 2.24) is 25.1 Å². The third kappa shape index (κ3) is 7.62. The van der Waals surface area contributed by atoms with E-state index in [-0.39, 0.29) is 24.0 Å². The monoisotopic (exact) mass is 510 g/mol. The highest BCUT2D eigenvalue weighted by atomic mass is 127. The van der Waals surface area contributed by atoms with Crippen molar-refractivity contribution in [3.8, 4) is 11.3 Å². The molecule has 0 bridgehead atoms. The molecule has 1 aromatic heterocycles. The Morgan fingerprint density at radius 2 is 1.97 bits per heavy atom. The maximum Gasteiger partial charge on any atom is 0.194 e. The minimum Gasteiger partial charge on any atom is -0.357 e. The van der Waals surface area contributed by atoms with Crippen LogP contribution in [0.25, 0.3) is 11.3 Å². The molecule has 1 fully saturated rings. The molecular weight excluding hydrogens is 475 g/mol. The van der Waals surface area contributed by atoms with Gasteiger partial charge in [-0.3, -0.25) is 4.99 Å². The van der Waals surface area contributed by atoms with Crippen LogP contribution in [0.1, 0.15) is 38.4 Å². The number of H-pyrrole nitrogens is 1. The van der Waals surface area contributed by atoms with E-state index in [4.69, 9.17) is 4.99 Å². The molecule has 0 atom stereocenters. The van der Waals surface area contributed by atoms with Gasteiger partial charge in [-0.1, -0.05) is 30.3 Å². The lowest BCUT2D eigenvalue weighted by atomic mass is 10.2. The summed E-state index contributed by atoms with van der Waals surface area (Å²) in [6.07, 6.45) is 7.00. The first-order valence-electron chi connectivity index (χ1n) is 10.6. The Balaban J connectivity index is 0.00000300. The van der Waals surface area contributed by atoms with Crippen molar-refractivity contribution in [2.75, 3.05) is 39.8 Å². The number of imidazole rings is 1. The molecule has 1 aliphatic rings. The number of nitrogens with zero attached hydrogens (tertiary/aromatic N) is 4. The van der Waals surface area contributed by atoms with E-state index in [1.807, 2.05) is 24.4 Å². The second kappa shape index (κ2) is 12.8. The third-order valence-corrected chi connectivity index (χ3v) is 5.14. The Hall–Kier alpha value is -1.61. The summed E-state index contributed by atoms with van der Waals surface area (Å²) in [6.45, 7) is 8.32. The summed E-state index contributed by atoms with van der Waals surface area (Å²) in [6, 6.07) is 10.3. The highest BCUT2D eigenvalue weighted by molar-refractivity contribution is 14.0. The van der Waals surface area contributed by atoms with E-state index >= 15 is 0 Å². The van der Waals surface area contributed by atoms with Crippen molar-refractivity contribution >= 4 is 29.9 Å². The number of nitrogens with one attached hydrogen (secondary N) is 2. The van der Waals surface area contributed by atoms with Crippen LogP contribution < -0.4 is 5.32 Å². The van der Waals surface area contributed by atoms with Crippen molar-refractivity contribution < 1.29 is 0 Å². The summed E-state index contributed by atoms with van der Waals surface area (Å²) in [5.41, 5.74) is 2.20. The fourth-order valence-corrected chi connectivity index (χ4v) is 3.61. The number of aromatic nitrogens is 2. The molecule has 3 rings (SSSR count). The van der Waals surface area contributed by atoms with Gasteiger partial charge in [0, 0.05) is 20.1 Å². The van der Waals surface area contributed by atoms with Crippen molar-refractivity contribution in [2.24, 2.45) is 4.99 Å². The topological polar surface area (TPSA) is 59.6 Å². The van der Waals surface area contributed by atoms with Crippen molar-refractivity contribution in [2.45, 2.75) is 39.2 Å². The van der Waals surface area contributed by atoms with Crippen molar-refractivity contribution in [1.29, 1.82) is 0 Å². The van der Waals surface area contributed by atoms with Crippen LogP contribution in [0.15, 0.2) is 41.5 Å². The first-order valence-corrected chi connectivity index (χ1v) is 10.6. The molecule has 0 aliphatic carbocycles. The van der Waals surface area contributed by atoms with Gasteiger partial charge in [-0.05, 0) is 57.8 Å². The van der Waals surface area contributed by atoms with Crippen LogP contribution in [0.4, 0.5) is 0 Å². The molecule has 2 N–H and O–H groups in total. The fourth-order valence-electron chi connectivity index (χ4n) is 3.61. The smallest absolute Gasteiger partial charge is 0.194 e. The molecule has 6 nitrogen and oxygen atoms in total. The molecule has 0 spiro atoms. The molecule has 0 saturated carbocycles. The number of hydrogen-bond acceptors (Lipinski definition) is 3. The Morgan fingerprint density at radius 1 is 1.21 bits per heavy atom. The van der Waals surface area contributed by atoms with Gasteiger partial charge in [0.1, 0.15) is 5.82 Å². The van der Waals surface area contributed by atoms with Gasteiger partial charge in [-0.15, -0.1) is 24.0 Å². The number of unbranched alkanes of at least 4 members (excludes halogenated alkanes) is 1. The number of aliphatic imine (C=N–C) groups is 1. The van der Waals surface area contributed by atoms with Gasteiger partial charge >= 0.3 is 0 Å². The van der Waals surface area contributed by atoms with Gasteiger partial charge in [0.15, 0.2) is 5.96 Å². The normalized spacial score (nSPS) is 14.6. The van der Waals surface area contributed by atoms with Gasteiger partial charge < -0.3 is 20.1 Å².